The van der Waals surface area contributed by atoms with Crippen molar-refractivity contribution < 1.29 is 14.6 Å². The standard InChI is InChI=1S/C17H21NO3.BrH/c1-18-8-7-17-6-5-12(19)9-14(17)21-16-13(20-2)4-3-11(10-18)15(16)17;/h3-6,12,14,19H,7-10H2,1-2H3;1H/t12-,14+,17?;/m1./s1. The summed E-state index contributed by atoms with van der Waals surface area (Å²) in [6, 6.07) is 4.16. The van der Waals surface area contributed by atoms with E-state index in [0.29, 0.717) is 6.42 Å². The number of nitrogens with zero attached hydrogens (tertiary/aromatic N) is 1. The Morgan fingerprint density at radius 2 is 2.23 bits per heavy atom. The molecule has 0 radical (unpaired) electrons. The Balaban J connectivity index is 0.00000144. The zero-order valence-corrected chi connectivity index (χ0v) is 14.6. The van der Waals surface area contributed by atoms with Crippen LogP contribution in [0, 0.1) is 0 Å². The van der Waals surface area contributed by atoms with Crippen molar-refractivity contribution in [3.8, 4) is 11.5 Å². The molecule has 1 N–H and O–H groups in total. The van der Waals surface area contributed by atoms with Crippen LogP contribution in [-0.4, -0.2) is 42.9 Å². The molecule has 4 rings (SSSR count). The number of aliphatic hydroxyl groups excluding tert-OH is 1. The van der Waals surface area contributed by atoms with E-state index in [4.69, 9.17) is 9.47 Å². The third-order valence-electron chi connectivity index (χ3n) is 5.15. The second kappa shape index (κ2) is 5.55. The highest BCUT2D eigenvalue weighted by Crippen LogP contribution is 2.55. The molecule has 4 nitrogen and oxygen atoms in total. The maximum atomic E-state index is 9.97. The van der Waals surface area contributed by atoms with Gasteiger partial charge >= 0.3 is 0 Å². The fourth-order valence-corrected chi connectivity index (χ4v) is 4.08. The third-order valence-corrected chi connectivity index (χ3v) is 5.15. The van der Waals surface area contributed by atoms with Gasteiger partial charge in [0.2, 0.25) is 0 Å². The smallest absolute Gasteiger partial charge is 0.166 e. The average Bonchev–Trinajstić information content (AvgIpc) is 2.72. The van der Waals surface area contributed by atoms with Crippen LogP contribution in [0.3, 0.4) is 0 Å². The summed E-state index contributed by atoms with van der Waals surface area (Å²) in [5, 5.41) is 9.97. The van der Waals surface area contributed by atoms with Gasteiger partial charge in [-0.05, 0) is 31.6 Å². The lowest BCUT2D eigenvalue weighted by atomic mass is 9.69. The van der Waals surface area contributed by atoms with E-state index in [-0.39, 0.29) is 28.5 Å². The molecule has 0 bridgehead atoms. The summed E-state index contributed by atoms with van der Waals surface area (Å²) in [5.74, 6) is 1.68. The van der Waals surface area contributed by atoms with Crippen molar-refractivity contribution >= 4 is 17.0 Å². The summed E-state index contributed by atoms with van der Waals surface area (Å²) in [5.41, 5.74) is 2.48. The molecule has 2 aliphatic heterocycles. The predicted molar refractivity (Wildman–Crippen MR) is 90.1 cm³/mol. The van der Waals surface area contributed by atoms with Gasteiger partial charge in [-0.1, -0.05) is 18.2 Å². The van der Waals surface area contributed by atoms with Crippen LogP contribution in [0.1, 0.15) is 24.0 Å². The molecule has 0 fully saturated rings. The molecule has 3 aliphatic rings. The van der Waals surface area contributed by atoms with Crippen molar-refractivity contribution in [1.82, 2.24) is 4.90 Å². The minimum absolute atomic E-state index is 0. The highest BCUT2D eigenvalue weighted by atomic mass is 79.9. The highest BCUT2D eigenvalue weighted by molar-refractivity contribution is 8.93. The fraction of sp³-hybridized carbons (Fsp3) is 0.529. The molecule has 1 aromatic rings. The number of rotatable bonds is 1. The van der Waals surface area contributed by atoms with Gasteiger partial charge in [0.1, 0.15) is 6.10 Å². The van der Waals surface area contributed by atoms with E-state index in [9.17, 15) is 5.11 Å². The summed E-state index contributed by atoms with van der Waals surface area (Å²) < 4.78 is 11.8. The van der Waals surface area contributed by atoms with Crippen LogP contribution in [0.5, 0.6) is 11.5 Å². The summed E-state index contributed by atoms with van der Waals surface area (Å²) in [7, 11) is 3.84. The van der Waals surface area contributed by atoms with E-state index in [0.717, 1.165) is 31.0 Å². The summed E-state index contributed by atoms with van der Waals surface area (Å²) in [4.78, 5) is 2.35. The Bertz CT molecular complexity index is 618. The van der Waals surface area contributed by atoms with Gasteiger partial charge in [0.15, 0.2) is 11.5 Å². The van der Waals surface area contributed by atoms with Crippen LogP contribution >= 0.6 is 17.0 Å². The van der Waals surface area contributed by atoms with Crippen molar-refractivity contribution in [2.45, 2.75) is 37.0 Å². The predicted octanol–water partition coefficient (Wildman–Crippen LogP) is 2.43. The molecular formula is C17H22BrNO3. The second-order valence-corrected chi connectivity index (χ2v) is 6.43. The molecule has 0 aromatic heterocycles. The van der Waals surface area contributed by atoms with Gasteiger partial charge in [-0.2, -0.15) is 0 Å². The second-order valence-electron chi connectivity index (χ2n) is 6.43. The van der Waals surface area contributed by atoms with E-state index in [1.54, 1.807) is 7.11 Å². The van der Waals surface area contributed by atoms with Crippen LogP contribution in [0.25, 0.3) is 0 Å². The van der Waals surface area contributed by atoms with E-state index in [2.05, 4.69) is 24.1 Å². The lowest BCUT2D eigenvalue weighted by Gasteiger charge is -2.35. The molecule has 0 amide bonds. The number of ether oxygens (including phenoxy) is 2. The molecular weight excluding hydrogens is 346 g/mol. The van der Waals surface area contributed by atoms with Gasteiger partial charge in [-0.15, -0.1) is 17.0 Å². The molecule has 1 aliphatic carbocycles. The quantitative estimate of drug-likeness (QED) is 0.774. The van der Waals surface area contributed by atoms with Crippen LogP contribution < -0.4 is 9.47 Å². The number of aliphatic hydroxyl groups is 1. The van der Waals surface area contributed by atoms with Crippen molar-refractivity contribution in [1.29, 1.82) is 0 Å². The van der Waals surface area contributed by atoms with Crippen molar-refractivity contribution in [3.63, 3.8) is 0 Å². The first-order valence-corrected chi connectivity index (χ1v) is 7.57. The molecule has 1 unspecified atom stereocenters. The van der Waals surface area contributed by atoms with Gasteiger partial charge in [0, 0.05) is 18.5 Å². The Morgan fingerprint density at radius 3 is 3.00 bits per heavy atom. The third kappa shape index (κ3) is 2.10. The first-order chi connectivity index (χ1) is 10.1. The Kier molecular flexibility index (Phi) is 4.00. The number of benzene rings is 1. The van der Waals surface area contributed by atoms with E-state index >= 15 is 0 Å². The molecule has 3 atom stereocenters. The average molecular weight is 368 g/mol. The molecule has 120 valence electrons. The zero-order chi connectivity index (χ0) is 14.6. The van der Waals surface area contributed by atoms with Crippen molar-refractivity contribution in [2.24, 2.45) is 0 Å². The first kappa shape index (κ1) is 15.8. The van der Waals surface area contributed by atoms with Crippen LogP contribution in [0.2, 0.25) is 0 Å². The molecule has 22 heavy (non-hydrogen) atoms. The van der Waals surface area contributed by atoms with Crippen molar-refractivity contribution in [3.05, 3.63) is 35.4 Å². The van der Waals surface area contributed by atoms with E-state index in [1.807, 2.05) is 12.1 Å². The molecule has 0 saturated heterocycles. The zero-order valence-electron chi connectivity index (χ0n) is 12.9. The minimum atomic E-state index is -0.412. The summed E-state index contributed by atoms with van der Waals surface area (Å²) >= 11 is 0. The topological polar surface area (TPSA) is 41.9 Å². The molecule has 1 spiro atoms. The van der Waals surface area contributed by atoms with Crippen LogP contribution in [0.15, 0.2) is 24.3 Å². The number of methoxy groups -OCH3 is 1. The Morgan fingerprint density at radius 1 is 1.41 bits per heavy atom. The normalized spacial score (nSPS) is 32.3. The van der Waals surface area contributed by atoms with Crippen LogP contribution in [0.4, 0.5) is 0 Å². The van der Waals surface area contributed by atoms with E-state index in [1.165, 1.54) is 11.1 Å². The summed E-state index contributed by atoms with van der Waals surface area (Å²) in [6.45, 7) is 1.96. The van der Waals surface area contributed by atoms with Crippen molar-refractivity contribution in [2.75, 3.05) is 20.7 Å². The minimum Gasteiger partial charge on any atom is -0.493 e. The Labute approximate surface area is 141 Å². The van der Waals surface area contributed by atoms with Gasteiger partial charge in [-0.25, -0.2) is 0 Å². The largest absolute Gasteiger partial charge is 0.493 e. The van der Waals surface area contributed by atoms with Gasteiger partial charge in [-0.3, -0.25) is 0 Å². The number of halogens is 1. The molecule has 2 heterocycles. The molecule has 1 aromatic carbocycles. The van der Waals surface area contributed by atoms with E-state index < -0.39 is 6.10 Å². The monoisotopic (exact) mass is 367 g/mol. The molecule has 0 saturated carbocycles. The maximum absolute atomic E-state index is 9.97. The van der Waals surface area contributed by atoms with Crippen LogP contribution in [-0.2, 0) is 12.0 Å². The Hall–Kier alpha value is -1.04. The maximum Gasteiger partial charge on any atom is 0.166 e. The van der Waals surface area contributed by atoms with Gasteiger partial charge < -0.3 is 19.5 Å². The molecule has 5 heteroatoms. The number of hydrogen-bond acceptors (Lipinski definition) is 4. The summed E-state index contributed by atoms with van der Waals surface area (Å²) in [6.07, 6.45) is 5.38. The SMILES string of the molecule is Br.COc1ccc2c3c1O[C@H]1C[C@H](O)C=CC31CCN(C)C2. The number of hydrogen-bond donors (Lipinski definition) is 1. The first-order valence-electron chi connectivity index (χ1n) is 7.57. The highest BCUT2D eigenvalue weighted by Gasteiger charge is 2.52. The van der Waals surface area contributed by atoms with Gasteiger partial charge in [0.25, 0.3) is 0 Å². The fourth-order valence-electron chi connectivity index (χ4n) is 4.08. The lowest BCUT2D eigenvalue weighted by molar-refractivity contribution is 0.0821. The van der Waals surface area contributed by atoms with Gasteiger partial charge in [0.05, 0.1) is 18.6 Å². The lowest BCUT2D eigenvalue weighted by Crippen LogP contribution is -2.42.